The summed E-state index contributed by atoms with van der Waals surface area (Å²) in [4.78, 5) is -0.00137. The highest BCUT2D eigenvalue weighted by molar-refractivity contribution is 7.89. The van der Waals surface area contributed by atoms with Crippen LogP contribution in [0.4, 0.5) is 5.69 Å². The third kappa shape index (κ3) is 3.46. The first kappa shape index (κ1) is 16.0. The van der Waals surface area contributed by atoms with Crippen molar-refractivity contribution in [2.24, 2.45) is 0 Å². The molecule has 1 aromatic carbocycles. The standard InChI is InChI=1S/C13H20N2O5S/c1-19-11-8-10(14)2-3-12(11)21(17,18)15-13(9-16)4-6-20-7-5-13/h2-3,8,15-16H,4-7,9,14H2,1H3. The van der Waals surface area contributed by atoms with Crippen molar-refractivity contribution in [2.75, 3.05) is 32.7 Å². The van der Waals surface area contributed by atoms with Crippen molar-refractivity contribution in [2.45, 2.75) is 23.3 Å². The van der Waals surface area contributed by atoms with E-state index in [1.54, 1.807) is 0 Å². The van der Waals surface area contributed by atoms with E-state index in [0.717, 1.165) is 0 Å². The van der Waals surface area contributed by atoms with Gasteiger partial charge in [0.2, 0.25) is 10.0 Å². The lowest BCUT2D eigenvalue weighted by atomic mass is 9.93. The van der Waals surface area contributed by atoms with Crippen LogP contribution < -0.4 is 15.2 Å². The predicted octanol–water partition coefficient (Wildman–Crippen LogP) is 0.0972. The Bertz CT molecular complexity index is 597. The van der Waals surface area contributed by atoms with Gasteiger partial charge in [0, 0.05) is 25.0 Å². The van der Waals surface area contributed by atoms with Gasteiger partial charge in [-0.15, -0.1) is 0 Å². The molecule has 1 aromatic rings. The van der Waals surface area contributed by atoms with E-state index < -0.39 is 15.6 Å². The highest BCUT2D eigenvalue weighted by atomic mass is 32.2. The van der Waals surface area contributed by atoms with Crippen molar-refractivity contribution in [1.82, 2.24) is 4.72 Å². The number of methoxy groups -OCH3 is 1. The van der Waals surface area contributed by atoms with Crippen LogP contribution in [0, 0.1) is 0 Å². The third-order valence-electron chi connectivity index (χ3n) is 3.58. The van der Waals surface area contributed by atoms with Crippen LogP contribution in [0.25, 0.3) is 0 Å². The average Bonchev–Trinajstić information content (AvgIpc) is 2.47. The molecule has 2 rings (SSSR count). The molecule has 118 valence electrons. The Kier molecular flexibility index (Phi) is 4.72. The molecule has 0 saturated carbocycles. The number of sulfonamides is 1. The Hall–Kier alpha value is -1.35. The summed E-state index contributed by atoms with van der Waals surface area (Å²) in [6, 6.07) is 4.33. The molecule has 1 saturated heterocycles. The number of aliphatic hydroxyl groups excluding tert-OH is 1. The Labute approximate surface area is 124 Å². The summed E-state index contributed by atoms with van der Waals surface area (Å²) >= 11 is 0. The zero-order chi connectivity index (χ0) is 15.5. The Morgan fingerprint density at radius 2 is 2.10 bits per heavy atom. The van der Waals surface area contributed by atoms with E-state index >= 15 is 0 Å². The topological polar surface area (TPSA) is 111 Å². The maximum Gasteiger partial charge on any atom is 0.244 e. The van der Waals surface area contributed by atoms with Gasteiger partial charge in [-0.1, -0.05) is 0 Å². The van der Waals surface area contributed by atoms with Crippen LogP contribution in [0.5, 0.6) is 5.75 Å². The van der Waals surface area contributed by atoms with Gasteiger partial charge in [0.1, 0.15) is 10.6 Å². The van der Waals surface area contributed by atoms with Crippen molar-refractivity contribution in [3.05, 3.63) is 18.2 Å². The molecule has 4 N–H and O–H groups in total. The van der Waals surface area contributed by atoms with Gasteiger partial charge in [-0.05, 0) is 25.0 Å². The summed E-state index contributed by atoms with van der Waals surface area (Å²) in [5, 5.41) is 9.59. The number of rotatable bonds is 5. The molecule has 0 bridgehead atoms. The number of ether oxygens (including phenoxy) is 2. The van der Waals surface area contributed by atoms with Crippen molar-refractivity contribution in [3.8, 4) is 5.75 Å². The first-order valence-electron chi connectivity index (χ1n) is 6.58. The van der Waals surface area contributed by atoms with E-state index in [1.165, 1.54) is 25.3 Å². The Balaban J connectivity index is 2.33. The van der Waals surface area contributed by atoms with E-state index in [2.05, 4.69) is 4.72 Å². The largest absolute Gasteiger partial charge is 0.495 e. The number of benzene rings is 1. The molecule has 1 heterocycles. The Morgan fingerprint density at radius 3 is 2.67 bits per heavy atom. The summed E-state index contributed by atoms with van der Waals surface area (Å²) < 4.78 is 38.0. The number of aliphatic hydroxyl groups is 1. The molecular formula is C13H20N2O5S. The maximum absolute atomic E-state index is 12.6. The van der Waals surface area contributed by atoms with E-state index in [-0.39, 0.29) is 17.3 Å². The fourth-order valence-electron chi connectivity index (χ4n) is 2.30. The smallest absolute Gasteiger partial charge is 0.244 e. The van der Waals surface area contributed by atoms with Crippen LogP contribution in [0.2, 0.25) is 0 Å². The van der Waals surface area contributed by atoms with Gasteiger partial charge in [0.15, 0.2) is 0 Å². The monoisotopic (exact) mass is 316 g/mol. The van der Waals surface area contributed by atoms with Crippen molar-refractivity contribution in [3.63, 3.8) is 0 Å². The number of hydrogen-bond acceptors (Lipinski definition) is 6. The molecule has 7 nitrogen and oxygen atoms in total. The van der Waals surface area contributed by atoms with Crippen molar-refractivity contribution >= 4 is 15.7 Å². The van der Waals surface area contributed by atoms with E-state index in [9.17, 15) is 13.5 Å². The van der Waals surface area contributed by atoms with Gasteiger partial charge < -0.3 is 20.3 Å². The number of anilines is 1. The maximum atomic E-state index is 12.6. The predicted molar refractivity (Wildman–Crippen MR) is 77.6 cm³/mol. The summed E-state index contributed by atoms with van der Waals surface area (Å²) in [6.07, 6.45) is 0.833. The lowest BCUT2D eigenvalue weighted by molar-refractivity contribution is 0.0222. The van der Waals surface area contributed by atoms with Gasteiger partial charge in [-0.25, -0.2) is 13.1 Å². The van der Waals surface area contributed by atoms with E-state index in [4.69, 9.17) is 15.2 Å². The molecule has 0 amide bonds. The highest BCUT2D eigenvalue weighted by Crippen LogP contribution is 2.29. The van der Waals surface area contributed by atoms with Crippen LogP contribution in [0.15, 0.2) is 23.1 Å². The molecule has 21 heavy (non-hydrogen) atoms. The third-order valence-corrected chi connectivity index (χ3v) is 5.20. The molecule has 0 aromatic heterocycles. The molecule has 0 radical (unpaired) electrons. The average molecular weight is 316 g/mol. The quantitative estimate of drug-likeness (QED) is 0.664. The molecule has 0 aliphatic carbocycles. The first-order valence-corrected chi connectivity index (χ1v) is 8.07. The molecule has 0 spiro atoms. The zero-order valence-electron chi connectivity index (χ0n) is 11.8. The van der Waals surface area contributed by atoms with Crippen LogP contribution in [-0.4, -0.2) is 46.0 Å². The number of nitrogens with two attached hydrogens (primary N) is 1. The van der Waals surface area contributed by atoms with Crippen LogP contribution in [0.1, 0.15) is 12.8 Å². The van der Waals surface area contributed by atoms with Gasteiger partial charge in [-0.2, -0.15) is 0 Å². The normalized spacial score (nSPS) is 18.4. The number of nitrogens with one attached hydrogen (secondary N) is 1. The van der Waals surface area contributed by atoms with Crippen LogP contribution >= 0.6 is 0 Å². The Morgan fingerprint density at radius 1 is 1.43 bits per heavy atom. The summed E-state index contributed by atoms with van der Waals surface area (Å²) in [5.74, 6) is 0.169. The van der Waals surface area contributed by atoms with Gasteiger partial charge in [0.25, 0.3) is 0 Å². The van der Waals surface area contributed by atoms with Crippen LogP contribution in [0.3, 0.4) is 0 Å². The lowest BCUT2D eigenvalue weighted by Crippen LogP contribution is -2.54. The summed E-state index contributed by atoms with van der Waals surface area (Å²) in [6.45, 7) is 0.525. The minimum absolute atomic E-state index is 0.00137. The minimum Gasteiger partial charge on any atom is -0.495 e. The first-order chi connectivity index (χ1) is 9.92. The zero-order valence-corrected chi connectivity index (χ0v) is 12.6. The summed E-state index contributed by atoms with van der Waals surface area (Å²) in [5.41, 5.74) is 5.14. The number of hydrogen-bond donors (Lipinski definition) is 3. The summed E-state index contributed by atoms with van der Waals surface area (Å²) in [7, 11) is -2.46. The van der Waals surface area contributed by atoms with Gasteiger partial charge in [0.05, 0.1) is 19.3 Å². The SMILES string of the molecule is COc1cc(N)ccc1S(=O)(=O)NC1(CO)CCOCC1. The molecule has 1 aliphatic heterocycles. The van der Waals surface area contributed by atoms with E-state index in [0.29, 0.717) is 31.7 Å². The molecule has 0 atom stereocenters. The lowest BCUT2D eigenvalue weighted by Gasteiger charge is -2.35. The van der Waals surface area contributed by atoms with Gasteiger partial charge >= 0.3 is 0 Å². The fourth-order valence-corrected chi connectivity index (χ4v) is 3.90. The minimum atomic E-state index is -3.84. The molecule has 1 aliphatic rings. The van der Waals surface area contributed by atoms with Gasteiger partial charge in [-0.3, -0.25) is 0 Å². The van der Waals surface area contributed by atoms with E-state index in [1.807, 2.05) is 0 Å². The second-order valence-corrected chi connectivity index (χ2v) is 6.72. The molecule has 8 heteroatoms. The highest BCUT2D eigenvalue weighted by Gasteiger charge is 2.37. The second kappa shape index (κ2) is 6.18. The number of nitrogen functional groups attached to an aromatic ring is 1. The molecule has 1 fully saturated rings. The second-order valence-electron chi connectivity index (χ2n) is 5.07. The fraction of sp³-hybridized carbons (Fsp3) is 0.538. The van der Waals surface area contributed by atoms with Crippen molar-refractivity contribution < 1.29 is 23.0 Å². The van der Waals surface area contributed by atoms with Crippen molar-refractivity contribution in [1.29, 1.82) is 0 Å². The van der Waals surface area contributed by atoms with Crippen LogP contribution in [-0.2, 0) is 14.8 Å². The molecule has 0 unspecified atom stereocenters. The molecular weight excluding hydrogens is 296 g/mol.